The number of rotatable bonds is 4. The van der Waals surface area contributed by atoms with Crippen LogP contribution in [-0.4, -0.2) is 12.3 Å². The highest BCUT2D eigenvalue weighted by molar-refractivity contribution is 9.10. The van der Waals surface area contributed by atoms with Crippen LogP contribution in [0.1, 0.15) is 44.2 Å². The lowest BCUT2D eigenvalue weighted by Gasteiger charge is -2.18. The van der Waals surface area contributed by atoms with Gasteiger partial charge in [0.25, 0.3) is 0 Å². The molecule has 94 valence electrons. The van der Waals surface area contributed by atoms with Gasteiger partial charge >= 0.3 is 0 Å². The van der Waals surface area contributed by atoms with Crippen LogP contribution in [0.25, 0.3) is 0 Å². The minimum atomic E-state index is 0.413. The van der Waals surface area contributed by atoms with Gasteiger partial charge in [-0.1, -0.05) is 28.8 Å². The van der Waals surface area contributed by atoms with Crippen LogP contribution in [0.3, 0.4) is 0 Å². The zero-order valence-corrected chi connectivity index (χ0v) is 12.9. The molecule has 17 heavy (non-hydrogen) atoms. The smallest absolute Gasteiger partial charge is 0.0300 e. The molecule has 0 radical (unpaired) electrons. The summed E-state index contributed by atoms with van der Waals surface area (Å²) in [6.07, 6.45) is 5.58. The van der Waals surface area contributed by atoms with Crippen LogP contribution in [0.2, 0.25) is 0 Å². The third kappa shape index (κ3) is 3.49. The molecule has 1 aromatic rings. The quantitative estimate of drug-likeness (QED) is 0.859. The van der Waals surface area contributed by atoms with E-state index >= 15 is 0 Å². The van der Waals surface area contributed by atoms with E-state index in [-0.39, 0.29) is 0 Å². The maximum atomic E-state index is 3.57. The summed E-state index contributed by atoms with van der Waals surface area (Å²) in [5, 5.41) is 4.17. The maximum absolute atomic E-state index is 3.57. The highest BCUT2D eigenvalue weighted by atomic mass is 79.9. The maximum Gasteiger partial charge on any atom is 0.0300 e. The van der Waals surface area contributed by atoms with Crippen LogP contribution in [0, 0.1) is 0 Å². The van der Waals surface area contributed by atoms with Gasteiger partial charge in [0.05, 0.1) is 0 Å². The zero-order chi connectivity index (χ0) is 12.3. The van der Waals surface area contributed by atoms with Crippen LogP contribution in [0.4, 0.5) is 0 Å². The van der Waals surface area contributed by atoms with Crippen molar-refractivity contribution in [1.82, 2.24) is 5.32 Å². The second-order valence-electron chi connectivity index (χ2n) is 4.72. The van der Waals surface area contributed by atoms with E-state index < -0.39 is 0 Å². The van der Waals surface area contributed by atoms with Gasteiger partial charge in [0, 0.05) is 20.7 Å². The fraction of sp³-hybridized carbons (Fsp3) is 0.571. The Kier molecular flexibility index (Phi) is 4.95. The normalized spacial score (nSPS) is 18.5. The van der Waals surface area contributed by atoms with E-state index in [1.165, 1.54) is 40.6 Å². The first-order valence-corrected chi connectivity index (χ1v) is 8.01. The predicted octanol–water partition coefficient (Wildman–Crippen LogP) is 4.76. The van der Waals surface area contributed by atoms with Crippen LogP contribution < -0.4 is 5.32 Å². The van der Waals surface area contributed by atoms with Crippen molar-refractivity contribution in [2.24, 2.45) is 0 Å². The largest absolute Gasteiger partial charge is 0.313 e. The molecular formula is C14H20BrNS. The van der Waals surface area contributed by atoms with Crippen molar-refractivity contribution in [3.05, 3.63) is 28.2 Å². The van der Waals surface area contributed by atoms with Crippen molar-refractivity contribution in [2.45, 2.75) is 48.8 Å². The molecule has 0 saturated heterocycles. The Morgan fingerprint density at radius 3 is 2.71 bits per heavy atom. The molecule has 0 spiro atoms. The summed E-state index contributed by atoms with van der Waals surface area (Å²) in [6.45, 7) is 2.22. The first kappa shape index (κ1) is 13.4. The second-order valence-corrected chi connectivity index (χ2v) is 6.97. The number of hydrogen-bond donors (Lipinski definition) is 1. The van der Waals surface area contributed by atoms with Crippen molar-refractivity contribution in [3.8, 4) is 0 Å². The topological polar surface area (TPSA) is 12.0 Å². The van der Waals surface area contributed by atoms with E-state index in [4.69, 9.17) is 0 Å². The molecule has 3 heteroatoms. The number of halogens is 1. The Balaban J connectivity index is 2.19. The molecule has 1 saturated carbocycles. The van der Waals surface area contributed by atoms with E-state index in [0.717, 1.165) is 5.25 Å². The van der Waals surface area contributed by atoms with E-state index in [1.807, 2.05) is 7.05 Å². The Morgan fingerprint density at radius 1 is 1.35 bits per heavy atom. The summed E-state index contributed by atoms with van der Waals surface area (Å²) < 4.78 is 1.17. The molecule has 1 aliphatic carbocycles. The number of benzene rings is 1. The molecule has 1 unspecified atom stereocenters. The Hall–Kier alpha value is 0.01000. The van der Waals surface area contributed by atoms with Gasteiger partial charge in [0.1, 0.15) is 0 Å². The molecule has 0 amide bonds. The summed E-state index contributed by atoms with van der Waals surface area (Å²) in [5.41, 5.74) is 1.42. The average Bonchev–Trinajstić information content (AvgIpc) is 2.83. The minimum Gasteiger partial charge on any atom is -0.313 e. The van der Waals surface area contributed by atoms with Gasteiger partial charge in [-0.25, -0.2) is 0 Å². The van der Waals surface area contributed by atoms with Gasteiger partial charge in [-0.3, -0.25) is 0 Å². The molecule has 1 aromatic carbocycles. The van der Waals surface area contributed by atoms with Crippen LogP contribution >= 0.6 is 27.7 Å². The summed E-state index contributed by atoms with van der Waals surface area (Å²) in [4.78, 5) is 1.45. The van der Waals surface area contributed by atoms with Gasteiger partial charge < -0.3 is 5.32 Å². The van der Waals surface area contributed by atoms with Gasteiger partial charge in [0.2, 0.25) is 0 Å². The van der Waals surface area contributed by atoms with E-state index in [0.29, 0.717) is 6.04 Å². The monoisotopic (exact) mass is 313 g/mol. The molecule has 1 N–H and O–H groups in total. The fourth-order valence-corrected chi connectivity index (χ4v) is 4.13. The third-order valence-electron chi connectivity index (χ3n) is 3.47. The molecule has 1 fully saturated rings. The molecule has 0 aliphatic heterocycles. The molecule has 1 nitrogen and oxygen atoms in total. The average molecular weight is 314 g/mol. The fourth-order valence-electron chi connectivity index (χ4n) is 2.31. The van der Waals surface area contributed by atoms with E-state index in [1.54, 1.807) is 0 Å². The summed E-state index contributed by atoms with van der Waals surface area (Å²) in [6, 6.07) is 7.08. The molecule has 1 aliphatic rings. The van der Waals surface area contributed by atoms with Crippen molar-refractivity contribution in [2.75, 3.05) is 7.05 Å². The highest BCUT2D eigenvalue weighted by Crippen LogP contribution is 2.38. The van der Waals surface area contributed by atoms with Crippen LogP contribution in [-0.2, 0) is 0 Å². The molecule has 0 heterocycles. The summed E-state index contributed by atoms with van der Waals surface area (Å²) >= 11 is 5.64. The zero-order valence-electron chi connectivity index (χ0n) is 10.5. The lowest BCUT2D eigenvalue weighted by atomic mass is 10.1. The number of hydrogen-bond acceptors (Lipinski definition) is 2. The van der Waals surface area contributed by atoms with Crippen molar-refractivity contribution in [1.29, 1.82) is 0 Å². The highest BCUT2D eigenvalue weighted by Gasteiger charge is 2.19. The lowest BCUT2D eigenvalue weighted by Crippen LogP contribution is -2.13. The Labute approximate surface area is 117 Å². The lowest BCUT2D eigenvalue weighted by molar-refractivity contribution is 0.640. The SMILES string of the molecule is CNC(C)c1cc(Br)ccc1SC1CCCC1. The standard InChI is InChI=1S/C14H20BrNS/c1-10(16-2)13-9-11(15)7-8-14(13)17-12-5-3-4-6-12/h7-10,12,16H,3-6H2,1-2H3. The van der Waals surface area contributed by atoms with Gasteiger partial charge in [-0.15, -0.1) is 11.8 Å². The number of nitrogens with one attached hydrogen (secondary N) is 1. The summed E-state index contributed by atoms with van der Waals surface area (Å²) in [5.74, 6) is 0. The van der Waals surface area contributed by atoms with Gasteiger partial charge in [0.15, 0.2) is 0 Å². The van der Waals surface area contributed by atoms with E-state index in [9.17, 15) is 0 Å². The predicted molar refractivity (Wildman–Crippen MR) is 79.7 cm³/mol. The molecule has 1 atom stereocenters. The van der Waals surface area contributed by atoms with Crippen molar-refractivity contribution < 1.29 is 0 Å². The van der Waals surface area contributed by atoms with Crippen molar-refractivity contribution in [3.63, 3.8) is 0 Å². The summed E-state index contributed by atoms with van der Waals surface area (Å²) in [7, 11) is 2.02. The first-order valence-electron chi connectivity index (χ1n) is 6.34. The number of thioether (sulfide) groups is 1. The molecular weight excluding hydrogens is 294 g/mol. The molecule has 0 aromatic heterocycles. The second kappa shape index (κ2) is 6.26. The van der Waals surface area contributed by atoms with Gasteiger partial charge in [-0.05, 0) is 50.6 Å². The Bertz CT molecular complexity index is 374. The molecule has 2 rings (SSSR count). The van der Waals surface area contributed by atoms with Crippen LogP contribution in [0.15, 0.2) is 27.6 Å². The van der Waals surface area contributed by atoms with E-state index in [2.05, 4.69) is 58.1 Å². The third-order valence-corrected chi connectivity index (χ3v) is 5.39. The molecule has 0 bridgehead atoms. The minimum absolute atomic E-state index is 0.413. The Morgan fingerprint density at radius 2 is 2.06 bits per heavy atom. The van der Waals surface area contributed by atoms with Gasteiger partial charge in [-0.2, -0.15) is 0 Å². The van der Waals surface area contributed by atoms with Crippen LogP contribution in [0.5, 0.6) is 0 Å². The first-order chi connectivity index (χ1) is 8.20. The van der Waals surface area contributed by atoms with Crippen molar-refractivity contribution >= 4 is 27.7 Å².